The third-order valence-corrected chi connectivity index (χ3v) is 4.70. The average Bonchev–Trinajstić information content (AvgIpc) is 2.51. The molecule has 134 valence electrons. The van der Waals surface area contributed by atoms with E-state index in [1.807, 2.05) is 13.8 Å². The van der Waals surface area contributed by atoms with E-state index in [1.165, 1.54) is 13.0 Å². The molecule has 0 aromatic heterocycles. The molecule has 0 saturated carbocycles. The number of hydrogen-bond acceptors (Lipinski definition) is 4. The summed E-state index contributed by atoms with van der Waals surface area (Å²) >= 11 is 0. The highest BCUT2D eigenvalue weighted by molar-refractivity contribution is 7.92. The maximum Gasteiger partial charge on any atom is 0.243 e. The van der Waals surface area contributed by atoms with Crippen molar-refractivity contribution in [2.45, 2.75) is 33.6 Å². The summed E-state index contributed by atoms with van der Waals surface area (Å²) < 4.78 is 25.4. The van der Waals surface area contributed by atoms with Crippen LogP contribution in [0, 0.1) is 0 Å². The second-order valence-electron chi connectivity index (χ2n) is 5.76. The predicted molar refractivity (Wildman–Crippen MR) is 95.8 cm³/mol. The second kappa shape index (κ2) is 8.82. The molecule has 0 aliphatic heterocycles. The van der Waals surface area contributed by atoms with E-state index >= 15 is 0 Å². The summed E-state index contributed by atoms with van der Waals surface area (Å²) in [7, 11) is -3.64. The van der Waals surface area contributed by atoms with Gasteiger partial charge in [-0.2, -0.15) is 0 Å². The van der Waals surface area contributed by atoms with Crippen LogP contribution in [0.3, 0.4) is 0 Å². The molecule has 6 nitrogen and oxygen atoms in total. The number of nitrogens with zero attached hydrogens (tertiary/aromatic N) is 2. The number of hydrogen-bond donors (Lipinski definition) is 0. The smallest absolute Gasteiger partial charge is 0.243 e. The Labute approximate surface area is 144 Å². The summed E-state index contributed by atoms with van der Waals surface area (Å²) in [5.74, 6) is -0.396. The first-order valence-electron chi connectivity index (χ1n) is 8.07. The maximum absolute atomic E-state index is 12.5. The lowest BCUT2D eigenvalue weighted by molar-refractivity contribution is -0.129. The number of amides is 1. The number of carbonyl (C=O) groups is 2. The molecule has 1 aromatic carbocycles. The van der Waals surface area contributed by atoms with Crippen LogP contribution in [0.2, 0.25) is 0 Å². The lowest BCUT2D eigenvalue weighted by Crippen LogP contribution is -2.43. The normalized spacial score (nSPS) is 11.2. The van der Waals surface area contributed by atoms with Crippen LogP contribution >= 0.6 is 0 Å². The number of benzene rings is 1. The zero-order chi connectivity index (χ0) is 18.3. The molecule has 0 radical (unpaired) electrons. The van der Waals surface area contributed by atoms with Gasteiger partial charge in [0.1, 0.15) is 6.54 Å². The Hall–Kier alpha value is -1.89. The molecule has 0 N–H and O–H groups in total. The largest absolute Gasteiger partial charge is 0.341 e. The van der Waals surface area contributed by atoms with Crippen LogP contribution in [0.4, 0.5) is 5.69 Å². The van der Waals surface area contributed by atoms with Crippen molar-refractivity contribution in [3.05, 3.63) is 29.8 Å². The third-order valence-electron chi connectivity index (χ3n) is 3.56. The number of rotatable bonds is 9. The van der Waals surface area contributed by atoms with Gasteiger partial charge in [0, 0.05) is 18.7 Å². The Morgan fingerprint density at radius 1 is 1.08 bits per heavy atom. The number of anilines is 1. The number of Topliss-reactive ketones (excluding diaryl/α,β-unsaturated/α-hetero) is 1. The van der Waals surface area contributed by atoms with Crippen molar-refractivity contribution >= 4 is 27.4 Å². The second-order valence-corrected chi connectivity index (χ2v) is 7.66. The van der Waals surface area contributed by atoms with Crippen LogP contribution in [-0.4, -0.2) is 50.9 Å². The fourth-order valence-corrected chi connectivity index (χ4v) is 3.25. The molecular weight excluding hydrogens is 328 g/mol. The van der Waals surface area contributed by atoms with Gasteiger partial charge < -0.3 is 4.90 Å². The summed E-state index contributed by atoms with van der Waals surface area (Å²) in [4.78, 5) is 25.7. The maximum atomic E-state index is 12.5. The molecule has 0 saturated heterocycles. The van der Waals surface area contributed by atoms with Gasteiger partial charge in [0.15, 0.2) is 5.78 Å². The molecule has 0 aliphatic rings. The Morgan fingerprint density at radius 3 is 2.12 bits per heavy atom. The third kappa shape index (κ3) is 5.63. The highest BCUT2D eigenvalue weighted by atomic mass is 32.2. The van der Waals surface area contributed by atoms with Gasteiger partial charge in [-0.3, -0.25) is 13.9 Å². The highest BCUT2D eigenvalue weighted by Crippen LogP contribution is 2.20. The van der Waals surface area contributed by atoms with Crippen LogP contribution in [0.15, 0.2) is 24.3 Å². The molecular formula is C17H26N2O4S. The average molecular weight is 354 g/mol. The van der Waals surface area contributed by atoms with E-state index in [-0.39, 0.29) is 18.2 Å². The quantitative estimate of drug-likeness (QED) is 0.638. The van der Waals surface area contributed by atoms with Crippen molar-refractivity contribution in [2.75, 3.05) is 30.2 Å². The predicted octanol–water partition coefficient (Wildman–Crippen LogP) is 2.30. The van der Waals surface area contributed by atoms with Crippen molar-refractivity contribution in [1.82, 2.24) is 4.90 Å². The minimum atomic E-state index is -3.64. The first-order valence-corrected chi connectivity index (χ1v) is 9.92. The standard InChI is InChI=1S/C17H26N2O4S/c1-5-10-18(11-6-2)17(21)13-19(24(4,22)23)16-9-7-8-15(12-16)14(3)20/h7-9,12H,5-6,10-11,13H2,1-4H3. The summed E-state index contributed by atoms with van der Waals surface area (Å²) in [5.41, 5.74) is 0.735. The monoisotopic (exact) mass is 354 g/mol. The molecule has 0 unspecified atom stereocenters. The topological polar surface area (TPSA) is 74.8 Å². The Morgan fingerprint density at radius 2 is 1.67 bits per heavy atom. The lowest BCUT2D eigenvalue weighted by atomic mass is 10.1. The molecule has 0 aliphatic carbocycles. The lowest BCUT2D eigenvalue weighted by Gasteiger charge is -2.27. The van der Waals surface area contributed by atoms with Crippen molar-refractivity contribution in [3.63, 3.8) is 0 Å². The van der Waals surface area contributed by atoms with Gasteiger partial charge >= 0.3 is 0 Å². The summed E-state index contributed by atoms with van der Waals surface area (Å²) in [6, 6.07) is 6.32. The number of sulfonamides is 1. The molecule has 24 heavy (non-hydrogen) atoms. The Balaban J connectivity index is 3.13. The van der Waals surface area contributed by atoms with E-state index in [2.05, 4.69) is 0 Å². The van der Waals surface area contributed by atoms with Gasteiger partial charge in [0.05, 0.1) is 11.9 Å². The van der Waals surface area contributed by atoms with Gasteiger partial charge in [0.2, 0.25) is 15.9 Å². The zero-order valence-electron chi connectivity index (χ0n) is 14.8. The van der Waals surface area contributed by atoms with Gasteiger partial charge in [0.25, 0.3) is 0 Å². The molecule has 0 atom stereocenters. The molecule has 0 spiro atoms. The molecule has 1 rings (SSSR count). The van der Waals surface area contributed by atoms with Crippen molar-refractivity contribution < 1.29 is 18.0 Å². The Kier molecular flexibility index (Phi) is 7.41. The van der Waals surface area contributed by atoms with Crippen LogP contribution < -0.4 is 4.31 Å². The summed E-state index contributed by atoms with van der Waals surface area (Å²) in [5, 5.41) is 0. The van der Waals surface area contributed by atoms with Crippen LogP contribution in [-0.2, 0) is 14.8 Å². The molecule has 1 aromatic rings. The minimum Gasteiger partial charge on any atom is -0.341 e. The van der Waals surface area contributed by atoms with E-state index in [0.717, 1.165) is 23.4 Å². The molecule has 0 bridgehead atoms. The highest BCUT2D eigenvalue weighted by Gasteiger charge is 2.24. The van der Waals surface area contributed by atoms with Gasteiger partial charge in [-0.05, 0) is 31.9 Å². The van der Waals surface area contributed by atoms with Gasteiger partial charge in [-0.25, -0.2) is 8.42 Å². The van der Waals surface area contributed by atoms with Crippen LogP contribution in [0.5, 0.6) is 0 Å². The van der Waals surface area contributed by atoms with Crippen LogP contribution in [0.1, 0.15) is 44.0 Å². The summed E-state index contributed by atoms with van der Waals surface area (Å²) in [6.07, 6.45) is 2.68. The van der Waals surface area contributed by atoms with E-state index < -0.39 is 10.0 Å². The van der Waals surface area contributed by atoms with Crippen molar-refractivity contribution in [2.24, 2.45) is 0 Å². The van der Waals surface area contributed by atoms with Gasteiger partial charge in [-0.1, -0.05) is 26.0 Å². The van der Waals surface area contributed by atoms with Crippen molar-refractivity contribution in [3.8, 4) is 0 Å². The van der Waals surface area contributed by atoms with Crippen molar-refractivity contribution in [1.29, 1.82) is 0 Å². The van der Waals surface area contributed by atoms with Crippen LogP contribution in [0.25, 0.3) is 0 Å². The molecule has 0 fully saturated rings. The Bertz CT molecular complexity index is 680. The zero-order valence-corrected chi connectivity index (χ0v) is 15.6. The van der Waals surface area contributed by atoms with E-state index in [4.69, 9.17) is 0 Å². The fraction of sp³-hybridized carbons (Fsp3) is 0.529. The van der Waals surface area contributed by atoms with E-state index in [9.17, 15) is 18.0 Å². The fourth-order valence-electron chi connectivity index (χ4n) is 2.40. The molecule has 1 amide bonds. The molecule has 7 heteroatoms. The first kappa shape index (κ1) is 20.2. The SMILES string of the molecule is CCCN(CCC)C(=O)CN(c1cccc(C(C)=O)c1)S(C)(=O)=O. The minimum absolute atomic E-state index is 0.157. The van der Waals surface area contributed by atoms with E-state index in [0.29, 0.717) is 24.3 Å². The first-order chi connectivity index (χ1) is 11.2. The summed E-state index contributed by atoms with van der Waals surface area (Å²) in [6.45, 7) is 6.29. The van der Waals surface area contributed by atoms with Gasteiger partial charge in [-0.15, -0.1) is 0 Å². The molecule has 0 heterocycles. The van der Waals surface area contributed by atoms with E-state index in [1.54, 1.807) is 23.1 Å². The number of ketones is 1. The number of carbonyl (C=O) groups excluding carboxylic acids is 2.